The van der Waals surface area contributed by atoms with Crippen molar-refractivity contribution in [3.05, 3.63) is 229 Å². The highest BCUT2D eigenvalue weighted by Crippen LogP contribution is 2.29. The topological polar surface area (TPSA) is 201 Å². The fraction of sp³-hybridized carbons (Fsp3) is 0. The lowest BCUT2D eigenvalue weighted by atomic mass is 10.0. The predicted molar refractivity (Wildman–Crippen MR) is 221 cm³/mol. The van der Waals surface area contributed by atoms with Gasteiger partial charge in [0.05, 0.1) is 16.7 Å². The summed E-state index contributed by atoms with van der Waals surface area (Å²) in [5, 5.41) is 32.0. The van der Waals surface area contributed by atoms with E-state index in [0.717, 1.165) is 66.6 Å². The Kier molecular flexibility index (Phi) is 9.26. The van der Waals surface area contributed by atoms with Crippen LogP contribution < -0.4 is 26.1 Å². The summed E-state index contributed by atoms with van der Waals surface area (Å²) in [6, 6.07) is 42.6. The molecule has 12 heteroatoms. The number of carboxylic acid groups (broad SMARTS) is 3. The zero-order chi connectivity index (χ0) is 41.5. The minimum absolute atomic E-state index is 0.138. The minimum Gasteiger partial charge on any atom is -0.478 e. The summed E-state index contributed by atoms with van der Waals surface area (Å²) in [7, 11) is 0. The maximum Gasteiger partial charge on any atom is 0.335 e. The average Bonchev–Trinajstić information content (AvgIpc) is 4.10. The Hall–Kier alpha value is -8.64. The van der Waals surface area contributed by atoms with Crippen LogP contribution in [-0.2, 0) is 4.79 Å². The highest BCUT2D eigenvalue weighted by Gasteiger charge is 2.19. The molecule has 0 spiro atoms. The van der Waals surface area contributed by atoms with E-state index in [2.05, 4.69) is 19.9 Å². The summed E-state index contributed by atoms with van der Waals surface area (Å²) in [5.41, 5.74) is 9.36. The second-order valence-corrected chi connectivity index (χ2v) is 14.0. The van der Waals surface area contributed by atoms with Crippen molar-refractivity contribution in [1.82, 2.24) is 19.9 Å². The van der Waals surface area contributed by atoms with E-state index < -0.39 is 17.9 Å². The molecule has 60 heavy (non-hydrogen) atoms. The monoisotopic (exact) mass is 792 g/mol. The molecule has 0 saturated carbocycles. The molecule has 0 atom stereocenters. The van der Waals surface area contributed by atoms with Crippen LogP contribution in [0, 0.1) is 0 Å². The molecule has 0 aliphatic carbocycles. The first-order valence-electron chi connectivity index (χ1n) is 18.6. The molecule has 4 aromatic heterocycles. The van der Waals surface area contributed by atoms with E-state index in [1.54, 1.807) is 84.9 Å². The van der Waals surface area contributed by atoms with Gasteiger partial charge in [0.1, 0.15) is 5.75 Å². The molecule has 12 nitrogen and oxygen atoms in total. The quantitative estimate of drug-likeness (QED) is 0.0998. The van der Waals surface area contributed by atoms with E-state index in [1.807, 2.05) is 60.7 Å². The molecule has 0 fully saturated rings. The number of fused-ring (bicyclic) bond motifs is 8. The summed E-state index contributed by atoms with van der Waals surface area (Å²) >= 11 is 0. The molecule has 5 heterocycles. The van der Waals surface area contributed by atoms with Crippen LogP contribution in [-0.4, -0.2) is 59.6 Å². The van der Waals surface area contributed by atoms with Crippen LogP contribution >= 0.6 is 0 Å². The number of rotatable bonds is 9. The van der Waals surface area contributed by atoms with Gasteiger partial charge in [-0.25, -0.2) is 14.4 Å². The lowest BCUT2D eigenvalue weighted by molar-refractivity contribution is -0.120. The Balaban J connectivity index is 1.39. The number of nitrogens with one attached hydrogen (secondary N) is 4. The van der Waals surface area contributed by atoms with Crippen LogP contribution in [0.15, 0.2) is 146 Å². The molecule has 1 aliphatic rings. The first-order chi connectivity index (χ1) is 29.1. The number of aromatic nitrogens is 4. The summed E-state index contributed by atoms with van der Waals surface area (Å²) < 4.78 is 5.10. The van der Waals surface area contributed by atoms with Gasteiger partial charge in [-0.15, -0.1) is 0 Å². The van der Waals surface area contributed by atoms with Crippen molar-refractivity contribution in [2.45, 2.75) is 0 Å². The third kappa shape index (κ3) is 6.79. The van der Waals surface area contributed by atoms with E-state index in [1.165, 1.54) is 0 Å². The SMILES string of the molecule is O=COc1ccc(C2=c3ccc([nH]3)=C(c3ccc(C(=O)O)cc3)c3ccc([nH]3)C(c3ccc(C(=O)O)cc3)=c3ccc([nH]3)=C(c3ccc(C(=O)O)cc3)c3ccc2[nH]3)cc1. The van der Waals surface area contributed by atoms with E-state index >= 15 is 0 Å². The van der Waals surface area contributed by atoms with Gasteiger partial charge in [0.15, 0.2) is 0 Å². The Morgan fingerprint density at radius 3 is 0.883 bits per heavy atom. The van der Waals surface area contributed by atoms with Gasteiger partial charge in [-0.05, 0) is 119 Å². The summed E-state index contributed by atoms with van der Waals surface area (Å²) in [5.74, 6) is -2.75. The van der Waals surface area contributed by atoms with Crippen molar-refractivity contribution in [3.8, 4) is 5.75 Å². The molecule has 9 rings (SSSR count). The Morgan fingerprint density at radius 1 is 0.367 bits per heavy atom. The lowest BCUT2D eigenvalue weighted by Crippen LogP contribution is -2.19. The van der Waals surface area contributed by atoms with E-state index in [0.29, 0.717) is 34.3 Å². The van der Waals surface area contributed by atoms with Gasteiger partial charge in [0.2, 0.25) is 0 Å². The van der Waals surface area contributed by atoms with Crippen LogP contribution in [0.3, 0.4) is 0 Å². The number of ether oxygens (including phenoxy) is 1. The molecule has 292 valence electrons. The standard InChI is InChI=1S/C48H32N4O8/c53-25-60-33-15-13-29(14-16-33)45-40-23-21-38(51-40)43(27-3-9-31(10-4-27)47(56)57)36-19-17-34(49-36)42(26-1-7-30(8-2-26)46(54)55)35-18-20-37(50-35)44(39-22-24-41(45)52-39)28-5-11-32(12-6-28)48(58)59/h1-25,49-52H,(H,54,55)(H,56,57)(H,58,59). The third-order valence-corrected chi connectivity index (χ3v) is 10.5. The number of hydrogen-bond donors (Lipinski definition) is 7. The second-order valence-electron chi connectivity index (χ2n) is 14.0. The maximum absolute atomic E-state index is 11.8. The van der Waals surface area contributed by atoms with Crippen molar-refractivity contribution in [1.29, 1.82) is 0 Å². The number of aromatic amines is 4. The number of hydrogen-bond acceptors (Lipinski definition) is 5. The molecule has 8 bridgehead atoms. The third-order valence-electron chi connectivity index (χ3n) is 10.5. The van der Waals surface area contributed by atoms with E-state index in [4.69, 9.17) is 4.74 Å². The van der Waals surface area contributed by atoms with E-state index in [9.17, 15) is 34.5 Å². The van der Waals surface area contributed by atoms with Gasteiger partial charge in [-0.2, -0.15) is 0 Å². The zero-order valence-corrected chi connectivity index (χ0v) is 31.3. The molecule has 0 unspecified atom stereocenters. The fourth-order valence-corrected chi connectivity index (χ4v) is 7.67. The van der Waals surface area contributed by atoms with Gasteiger partial charge < -0.3 is 40.0 Å². The van der Waals surface area contributed by atoms with Crippen LogP contribution in [0.5, 0.6) is 5.75 Å². The number of benzene rings is 4. The van der Waals surface area contributed by atoms with Gasteiger partial charge in [0, 0.05) is 66.5 Å². The molecule has 7 N–H and O–H groups in total. The molecular formula is C48H32N4O8. The van der Waals surface area contributed by atoms with Crippen LogP contribution in [0.2, 0.25) is 0 Å². The average molecular weight is 793 g/mol. The smallest absolute Gasteiger partial charge is 0.335 e. The predicted octanol–water partition coefficient (Wildman–Crippen LogP) is 4.93. The van der Waals surface area contributed by atoms with Gasteiger partial charge in [-0.1, -0.05) is 48.5 Å². The normalized spacial score (nSPS) is 12.3. The molecule has 0 radical (unpaired) electrons. The van der Waals surface area contributed by atoms with Crippen molar-refractivity contribution < 1.29 is 39.2 Å². The second kappa shape index (κ2) is 15.0. The fourth-order valence-electron chi connectivity index (χ4n) is 7.67. The lowest BCUT2D eigenvalue weighted by Gasteiger charge is -2.10. The van der Waals surface area contributed by atoms with Crippen LogP contribution in [0.25, 0.3) is 22.3 Å². The van der Waals surface area contributed by atoms with Crippen molar-refractivity contribution in [2.24, 2.45) is 0 Å². The van der Waals surface area contributed by atoms with Crippen molar-refractivity contribution in [2.75, 3.05) is 0 Å². The largest absolute Gasteiger partial charge is 0.478 e. The Bertz CT molecular complexity index is 3260. The molecule has 0 saturated heterocycles. The minimum atomic E-state index is -1.05. The molecular weight excluding hydrogens is 761 g/mol. The number of carboxylic acids is 3. The summed E-state index contributed by atoms with van der Waals surface area (Å²) in [6.07, 6.45) is 0. The van der Waals surface area contributed by atoms with Gasteiger partial charge in [-0.3, -0.25) is 4.79 Å². The highest BCUT2D eigenvalue weighted by molar-refractivity contribution is 5.91. The molecule has 0 amide bonds. The first-order valence-corrected chi connectivity index (χ1v) is 18.6. The van der Waals surface area contributed by atoms with E-state index in [-0.39, 0.29) is 16.7 Å². The number of carbonyl (C=O) groups is 4. The Labute approximate surface area is 339 Å². The Morgan fingerprint density at radius 2 is 0.633 bits per heavy atom. The number of carbonyl (C=O) groups excluding carboxylic acids is 1. The van der Waals surface area contributed by atoms with Crippen LogP contribution in [0.1, 0.15) is 76.1 Å². The van der Waals surface area contributed by atoms with Crippen molar-refractivity contribution >= 4 is 46.7 Å². The molecule has 1 aliphatic heterocycles. The van der Waals surface area contributed by atoms with Crippen LogP contribution in [0.4, 0.5) is 0 Å². The first kappa shape index (κ1) is 37.0. The number of aromatic carboxylic acids is 3. The highest BCUT2D eigenvalue weighted by atomic mass is 16.5. The van der Waals surface area contributed by atoms with Crippen molar-refractivity contribution in [3.63, 3.8) is 0 Å². The number of H-pyrrole nitrogens is 4. The van der Waals surface area contributed by atoms with Gasteiger partial charge >= 0.3 is 17.9 Å². The maximum atomic E-state index is 11.8. The molecule has 4 aromatic carbocycles. The summed E-state index contributed by atoms with van der Waals surface area (Å²) in [4.78, 5) is 61.2. The summed E-state index contributed by atoms with van der Waals surface area (Å²) in [6.45, 7) is 0.373. The zero-order valence-electron chi connectivity index (χ0n) is 31.3. The van der Waals surface area contributed by atoms with Gasteiger partial charge in [0.25, 0.3) is 6.47 Å². The molecule has 8 aromatic rings.